The molecule has 0 saturated carbocycles. The van der Waals surface area contributed by atoms with E-state index in [2.05, 4.69) is 47.2 Å². The van der Waals surface area contributed by atoms with Crippen molar-refractivity contribution in [1.82, 2.24) is 5.32 Å². The van der Waals surface area contributed by atoms with Crippen molar-refractivity contribution in [3.05, 3.63) is 28.2 Å². The Balaban J connectivity index is 2.93. The number of methoxy groups -OCH3 is 1. The lowest BCUT2D eigenvalue weighted by Crippen LogP contribution is -2.19. The van der Waals surface area contributed by atoms with E-state index in [1.165, 1.54) is 12.0 Å². The Labute approximate surface area is 113 Å². The third kappa shape index (κ3) is 4.00. The fraction of sp³-hybridized carbons (Fsp3) is 0.571. The van der Waals surface area contributed by atoms with Crippen LogP contribution in [-0.4, -0.2) is 14.2 Å². The van der Waals surface area contributed by atoms with Crippen molar-refractivity contribution in [3.8, 4) is 5.75 Å². The molecule has 1 rings (SSSR count). The van der Waals surface area contributed by atoms with E-state index in [-0.39, 0.29) is 0 Å². The van der Waals surface area contributed by atoms with E-state index in [1.807, 2.05) is 13.1 Å². The maximum Gasteiger partial charge on any atom is 0.119 e. The van der Waals surface area contributed by atoms with Crippen LogP contribution in [0.25, 0.3) is 0 Å². The van der Waals surface area contributed by atoms with Crippen molar-refractivity contribution >= 4 is 15.9 Å². The van der Waals surface area contributed by atoms with E-state index in [4.69, 9.17) is 4.74 Å². The molecule has 2 atom stereocenters. The van der Waals surface area contributed by atoms with Gasteiger partial charge in [-0.1, -0.05) is 36.2 Å². The summed E-state index contributed by atoms with van der Waals surface area (Å²) in [5, 5.41) is 3.39. The molecule has 0 amide bonds. The second kappa shape index (κ2) is 7.02. The molecule has 2 unspecified atom stereocenters. The zero-order chi connectivity index (χ0) is 12.8. The number of hydrogen-bond acceptors (Lipinski definition) is 2. The van der Waals surface area contributed by atoms with Crippen molar-refractivity contribution in [1.29, 1.82) is 0 Å². The van der Waals surface area contributed by atoms with Crippen molar-refractivity contribution in [2.24, 2.45) is 5.92 Å². The highest BCUT2D eigenvalue weighted by atomic mass is 79.9. The number of halogens is 1. The van der Waals surface area contributed by atoms with Crippen molar-refractivity contribution in [2.75, 3.05) is 14.2 Å². The molecule has 1 aromatic carbocycles. The molecular weight excluding hydrogens is 278 g/mol. The summed E-state index contributed by atoms with van der Waals surface area (Å²) < 4.78 is 6.43. The fourth-order valence-corrected chi connectivity index (χ4v) is 2.41. The zero-order valence-corrected chi connectivity index (χ0v) is 12.7. The molecule has 1 N–H and O–H groups in total. The van der Waals surface area contributed by atoms with E-state index in [9.17, 15) is 0 Å². The first kappa shape index (κ1) is 14.5. The third-order valence-electron chi connectivity index (χ3n) is 3.26. The molecule has 0 heterocycles. The van der Waals surface area contributed by atoms with Crippen LogP contribution >= 0.6 is 15.9 Å². The lowest BCUT2D eigenvalue weighted by Gasteiger charge is -2.22. The first-order chi connectivity index (χ1) is 8.12. The molecule has 0 aromatic heterocycles. The number of ether oxygens (including phenoxy) is 1. The minimum Gasteiger partial charge on any atom is -0.497 e. The molecule has 17 heavy (non-hydrogen) atoms. The van der Waals surface area contributed by atoms with Gasteiger partial charge in [0, 0.05) is 10.5 Å². The third-order valence-corrected chi connectivity index (χ3v) is 3.98. The van der Waals surface area contributed by atoms with Gasteiger partial charge >= 0.3 is 0 Å². The van der Waals surface area contributed by atoms with Gasteiger partial charge in [0.15, 0.2) is 0 Å². The van der Waals surface area contributed by atoms with Crippen LogP contribution in [0.3, 0.4) is 0 Å². The normalized spacial score (nSPS) is 14.4. The van der Waals surface area contributed by atoms with Crippen LogP contribution in [0.4, 0.5) is 0 Å². The van der Waals surface area contributed by atoms with Crippen LogP contribution in [0.1, 0.15) is 38.3 Å². The summed E-state index contributed by atoms with van der Waals surface area (Å²) in [5.74, 6) is 1.62. The van der Waals surface area contributed by atoms with E-state index in [1.54, 1.807) is 7.11 Å². The molecule has 3 heteroatoms. The smallest absolute Gasteiger partial charge is 0.119 e. The summed E-state index contributed by atoms with van der Waals surface area (Å²) in [4.78, 5) is 0. The molecule has 0 fully saturated rings. The Bertz CT molecular complexity index is 354. The summed E-state index contributed by atoms with van der Waals surface area (Å²) in [6.07, 6.45) is 2.35. The SMILES string of the molecule is CCC(C)CC(NC)c1cc(OC)ccc1Br. The molecule has 1 aromatic rings. The van der Waals surface area contributed by atoms with E-state index < -0.39 is 0 Å². The molecule has 0 saturated heterocycles. The van der Waals surface area contributed by atoms with Crippen molar-refractivity contribution in [3.63, 3.8) is 0 Å². The second-order valence-corrected chi connectivity index (χ2v) is 5.33. The van der Waals surface area contributed by atoms with Crippen LogP contribution in [0.5, 0.6) is 5.75 Å². The molecule has 0 spiro atoms. The molecular formula is C14H22BrNO. The summed E-state index contributed by atoms with van der Waals surface area (Å²) in [6, 6.07) is 6.50. The first-order valence-electron chi connectivity index (χ1n) is 6.13. The van der Waals surface area contributed by atoms with Crippen LogP contribution in [0.15, 0.2) is 22.7 Å². The Hall–Kier alpha value is -0.540. The predicted molar refractivity (Wildman–Crippen MR) is 76.6 cm³/mol. The van der Waals surface area contributed by atoms with Crippen LogP contribution in [-0.2, 0) is 0 Å². The highest BCUT2D eigenvalue weighted by molar-refractivity contribution is 9.10. The second-order valence-electron chi connectivity index (χ2n) is 4.48. The molecule has 96 valence electrons. The number of benzene rings is 1. The van der Waals surface area contributed by atoms with E-state index in [0.29, 0.717) is 12.0 Å². The maximum absolute atomic E-state index is 5.29. The quantitative estimate of drug-likeness (QED) is 0.852. The molecule has 0 aliphatic carbocycles. The minimum atomic E-state index is 0.370. The van der Waals surface area contributed by atoms with Crippen LogP contribution in [0, 0.1) is 5.92 Å². The van der Waals surface area contributed by atoms with Crippen molar-refractivity contribution < 1.29 is 4.74 Å². The average molecular weight is 300 g/mol. The number of rotatable bonds is 6. The highest BCUT2D eigenvalue weighted by Crippen LogP contribution is 2.31. The Morgan fingerprint density at radius 2 is 2.12 bits per heavy atom. The predicted octanol–water partition coefficient (Wildman–Crippen LogP) is 4.15. The molecule has 2 nitrogen and oxygen atoms in total. The Kier molecular flexibility index (Phi) is 6.00. The van der Waals surface area contributed by atoms with Gasteiger partial charge in [-0.05, 0) is 43.1 Å². The van der Waals surface area contributed by atoms with Crippen LogP contribution < -0.4 is 10.1 Å². The molecule has 0 bridgehead atoms. The Morgan fingerprint density at radius 3 is 2.65 bits per heavy atom. The van der Waals surface area contributed by atoms with Gasteiger partial charge in [0.25, 0.3) is 0 Å². The van der Waals surface area contributed by atoms with E-state index >= 15 is 0 Å². The van der Waals surface area contributed by atoms with Gasteiger partial charge in [0.05, 0.1) is 7.11 Å². The highest BCUT2D eigenvalue weighted by Gasteiger charge is 2.16. The lowest BCUT2D eigenvalue weighted by molar-refractivity contribution is 0.405. The van der Waals surface area contributed by atoms with Gasteiger partial charge in [-0.3, -0.25) is 0 Å². The molecule has 0 aliphatic heterocycles. The van der Waals surface area contributed by atoms with Gasteiger partial charge < -0.3 is 10.1 Å². The lowest BCUT2D eigenvalue weighted by atomic mass is 9.94. The van der Waals surface area contributed by atoms with Gasteiger partial charge in [0.2, 0.25) is 0 Å². The molecule has 0 radical (unpaired) electrons. The van der Waals surface area contributed by atoms with Crippen LogP contribution in [0.2, 0.25) is 0 Å². The molecule has 0 aliphatic rings. The fourth-order valence-electron chi connectivity index (χ4n) is 1.89. The topological polar surface area (TPSA) is 21.3 Å². The zero-order valence-electron chi connectivity index (χ0n) is 11.1. The maximum atomic E-state index is 5.29. The largest absolute Gasteiger partial charge is 0.497 e. The summed E-state index contributed by atoms with van der Waals surface area (Å²) in [7, 11) is 3.72. The van der Waals surface area contributed by atoms with Gasteiger partial charge in [-0.2, -0.15) is 0 Å². The minimum absolute atomic E-state index is 0.370. The average Bonchev–Trinajstić information content (AvgIpc) is 2.36. The van der Waals surface area contributed by atoms with E-state index in [0.717, 1.165) is 16.6 Å². The summed E-state index contributed by atoms with van der Waals surface area (Å²) >= 11 is 3.62. The number of nitrogens with one attached hydrogen (secondary N) is 1. The summed E-state index contributed by atoms with van der Waals surface area (Å²) in [5.41, 5.74) is 1.27. The monoisotopic (exact) mass is 299 g/mol. The Morgan fingerprint density at radius 1 is 1.41 bits per heavy atom. The summed E-state index contributed by atoms with van der Waals surface area (Å²) in [6.45, 7) is 4.52. The van der Waals surface area contributed by atoms with Crippen molar-refractivity contribution in [2.45, 2.75) is 32.7 Å². The number of hydrogen-bond donors (Lipinski definition) is 1. The standard InChI is InChI=1S/C14H22BrNO/c1-5-10(2)8-14(16-3)12-9-11(17-4)6-7-13(12)15/h6-7,9-10,14,16H,5,8H2,1-4H3. The van der Waals surface area contributed by atoms with Gasteiger partial charge in [-0.25, -0.2) is 0 Å². The van der Waals surface area contributed by atoms with Gasteiger partial charge in [-0.15, -0.1) is 0 Å². The first-order valence-corrected chi connectivity index (χ1v) is 6.92. The van der Waals surface area contributed by atoms with Gasteiger partial charge in [0.1, 0.15) is 5.75 Å².